The van der Waals surface area contributed by atoms with Crippen molar-refractivity contribution in [2.45, 2.75) is 6.92 Å². The molecule has 0 atom stereocenters. The summed E-state index contributed by atoms with van der Waals surface area (Å²) in [4.78, 5) is 0. The lowest BCUT2D eigenvalue weighted by Gasteiger charge is -1.93. The molecule has 0 aliphatic rings. The fraction of sp³-hybridized carbons (Fsp3) is 1.00. The van der Waals surface area contributed by atoms with Gasteiger partial charge in [-0.3, -0.25) is 0 Å². The van der Waals surface area contributed by atoms with E-state index in [9.17, 15) is 0 Å². The number of halogens is 1. The second-order valence-corrected chi connectivity index (χ2v) is 1.90. The van der Waals surface area contributed by atoms with Crippen LogP contribution in [0.25, 0.3) is 0 Å². The normalized spacial score (nSPS) is 8.25. The minimum absolute atomic E-state index is 0. The summed E-state index contributed by atoms with van der Waals surface area (Å²) in [6.07, 6.45) is 0. The Bertz CT molecular complexity index is 35.2. The molecule has 0 aromatic rings. The van der Waals surface area contributed by atoms with Gasteiger partial charge >= 0.3 is 0 Å². The zero-order valence-corrected chi connectivity index (χ0v) is 6.56. The third-order valence-electron chi connectivity index (χ3n) is 0.402. The summed E-state index contributed by atoms with van der Waals surface area (Å²) in [5.74, 6) is 0.897. The standard InChI is InChI=1S/C4H11NOS.ClH/c1-2-6-7-4-3-5;/h2-5H2,1H3;1H. The van der Waals surface area contributed by atoms with E-state index in [0.717, 1.165) is 12.4 Å². The van der Waals surface area contributed by atoms with Gasteiger partial charge in [-0.05, 0) is 19.0 Å². The van der Waals surface area contributed by atoms with Crippen molar-refractivity contribution in [3.8, 4) is 0 Å². The Morgan fingerprint density at radius 3 is 2.62 bits per heavy atom. The fourth-order valence-corrected chi connectivity index (χ4v) is 0.571. The van der Waals surface area contributed by atoms with Crippen LogP contribution in [0.2, 0.25) is 0 Å². The summed E-state index contributed by atoms with van der Waals surface area (Å²) in [6, 6.07) is 0. The minimum Gasteiger partial charge on any atom is -0.330 e. The highest BCUT2D eigenvalue weighted by atomic mass is 35.5. The SMILES string of the molecule is CCOSCCN.Cl. The van der Waals surface area contributed by atoms with E-state index in [2.05, 4.69) is 0 Å². The van der Waals surface area contributed by atoms with Crippen LogP contribution in [-0.2, 0) is 4.18 Å². The predicted octanol–water partition coefficient (Wildman–Crippen LogP) is 1.05. The molecule has 0 heterocycles. The molecule has 0 fully saturated rings. The van der Waals surface area contributed by atoms with Gasteiger partial charge < -0.3 is 9.92 Å². The molecule has 0 aliphatic carbocycles. The second-order valence-electron chi connectivity index (χ2n) is 1.02. The van der Waals surface area contributed by atoms with Gasteiger partial charge in [-0.1, -0.05) is 0 Å². The Hall–Kier alpha value is 0.560. The van der Waals surface area contributed by atoms with Crippen LogP contribution in [0, 0.1) is 0 Å². The summed E-state index contributed by atoms with van der Waals surface area (Å²) in [7, 11) is 0. The summed E-state index contributed by atoms with van der Waals surface area (Å²) < 4.78 is 4.91. The van der Waals surface area contributed by atoms with Gasteiger partial charge in [-0.15, -0.1) is 12.4 Å². The van der Waals surface area contributed by atoms with Crippen LogP contribution in [0.4, 0.5) is 0 Å². The molecule has 0 unspecified atom stereocenters. The molecule has 0 radical (unpaired) electrons. The van der Waals surface area contributed by atoms with Crippen LogP contribution in [0.5, 0.6) is 0 Å². The van der Waals surface area contributed by atoms with Crippen molar-refractivity contribution in [1.82, 2.24) is 0 Å². The molecule has 4 heteroatoms. The monoisotopic (exact) mass is 157 g/mol. The molecule has 0 saturated carbocycles. The maximum Gasteiger partial charge on any atom is 0.0585 e. The van der Waals surface area contributed by atoms with Crippen LogP contribution in [0.3, 0.4) is 0 Å². The summed E-state index contributed by atoms with van der Waals surface area (Å²) in [6.45, 7) is 3.43. The van der Waals surface area contributed by atoms with Gasteiger partial charge in [0.15, 0.2) is 0 Å². The molecule has 8 heavy (non-hydrogen) atoms. The van der Waals surface area contributed by atoms with Crippen LogP contribution in [0.1, 0.15) is 6.92 Å². The van der Waals surface area contributed by atoms with Crippen molar-refractivity contribution in [3.63, 3.8) is 0 Å². The highest BCUT2D eigenvalue weighted by Crippen LogP contribution is 1.97. The van der Waals surface area contributed by atoms with Crippen LogP contribution < -0.4 is 5.73 Å². The zero-order chi connectivity index (χ0) is 5.54. The zero-order valence-electron chi connectivity index (χ0n) is 4.92. The summed E-state index contributed by atoms with van der Waals surface area (Å²) in [5, 5.41) is 0. The van der Waals surface area contributed by atoms with Crippen molar-refractivity contribution in [2.75, 3.05) is 18.9 Å². The average molecular weight is 158 g/mol. The maximum atomic E-state index is 5.17. The van der Waals surface area contributed by atoms with Crippen molar-refractivity contribution >= 4 is 24.4 Å². The Labute approximate surface area is 60.8 Å². The first-order valence-electron chi connectivity index (χ1n) is 2.36. The Morgan fingerprint density at radius 1 is 1.62 bits per heavy atom. The smallest absolute Gasteiger partial charge is 0.0585 e. The lowest BCUT2D eigenvalue weighted by molar-refractivity contribution is 0.402. The summed E-state index contributed by atoms with van der Waals surface area (Å²) >= 11 is 1.43. The van der Waals surface area contributed by atoms with Gasteiger partial charge in [0.1, 0.15) is 0 Å². The molecule has 2 N–H and O–H groups in total. The molecule has 52 valence electrons. The largest absolute Gasteiger partial charge is 0.330 e. The van der Waals surface area contributed by atoms with E-state index in [1.165, 1.54) is 12.0 Å². The van der Waals surface area contributed by atoms with E-state index in [1.807, 2.05) is 6.92 Å². The quantitative estimate of drug-likeness (QED) is 0.490. The van der Waals surface area contributed by atoms with E-state index in [4.69, 9.17) is 9.92 Å². The average Bonchev–Trinajstić information content (AvgIpc) is 1.69. The van der Waals surface area contributed by atoms with Gasteiger partial charge in [0, 0.05) is 12.3 Å². The molecule has 0 amide bonds. The third-order valence-corrected chi connectivity index (χ3v) is 1.21. The van der Waals surface area contributed by atoms with Gasteiger partial charge in [-0.2, -0.15) is 0 Å². The van der Waals surface area contributed by atoms with Gasteiger partial charge in [0.25, 0.3) is 0 Å². The van der Waals surface area contributed by atoms with E-state index in [-0.39, 0.29) is 12.4 Å². The number of nitrogens with two attached hydrogens (primary N) is 1. The van der Waals surface area contributed by atoms with Gasteiger partial charge in [0.05, 0.1) is 6.61 Å². The molecule has 0 bridgehead atoms. The van der Waals surface area contributed by atoms with Crippen LogP contribution in [0.15, 0.2) is 0 Å². The number of rotatable bonds is 4. The Kier molecular flexibility index (Phi) is 15.0. The molecular formula is C4H12ClNOS. The highest BCUT2D eigenvalue weighted by Gasteiger charge is 1.79. The lowest BCUT2D eigenvalue weighted by Crippen LogP contribution is -2.01. The van der Waals surface area contributed by atoms with E-state index in [0.29, 0.717) is 6.54 Å². The first-order chi connectivity index (χ1) is 3.41. The van der Waals surface area contributed by atoms with Crippen LogP contribution >= 0.6 is 24.4 Å². The molecule has 0 spiro atoms. The van der Waals surface area contributed by atoms with Crippen molar-refractivity contribution in [2.24, 2.45) is 5.73 Å². The summed E-state index contributed by atoms with van der Waals surface area (Å²) in [5.41, 5.74) is 5.17. The fourth-order valence-electron chi connectivity index (χ4n) is 0.190. The molecule has 0 aromatic heterocycles. The predicted molar refractivity (Wildman–Crippen MR) is 40.4 cm³/mol. The third kappa shape index (κ3) is 9.75. The van der Waals surface area contributed by atoms with Gasteiger partial charge in [0.2, 0.25) is 0 Å². The van der Waals surface area contributed by atoms with Crippen molar-refractivity contribution in [3.05, 3.63) is 0 Å². The number of hydrogen-bond acceptors (Lipinski definition) is 3. The minimum atomic E-state index is 0. The highest BCUT2D eigenvalue weighted by molar-refractivity contribution is 7.94. The molecule has 0 rings (SSSR count). The molecule has 0 aliphatic heterocycles. The number of hydrogen-bond donors (Lipinski definition) is 1. The molecular weight excluding hydrogens is 146 g/mol. The molecule has 2 nitrogen and oxygen atoms in total. The van der Waals surface area contributed by atoms with Gasteiger partial charge in [-0.25, -0.2) is 0 Å². The first-order valence-corrected chi connectivity index (χ1v) is 3.27. The van der Waals surface area contributed by atoms with E-state index >= 15 is 0 Å². The van der Waals surface area contributed by atoms with Crippen molar-refractivity contribution < 1.29 is 4.18 Å². The second kappa shape index (κ2) is 10.5. The molecule has 0 saturated heterocycles. The first kappa shape index (κ1) is 11.4. The van der Waals surface area contributed by atoms with Crippen molar-refractivity contribution in [1.29, 1.82) is 0 Å². The lowest BCUT2D eigenvalue weighted by atomic mass is 10.8. The Balaban J connectivity index is 0. The van der Waals surface area contributed by atoms with Crippen LogP contribution in [-0.4, -0.2) is 18.9 Å². The van der Waals surface area contributed by atoms with E-state index < -0.39 is 0 Å². The maximum absolute atomic E-state index is 5.17. The van der Waals surface area contributed by atoms with E-state index in [1.54, 1.807) is 0 Å². The Morgan fingerprint density at radius 2 is 2.25 bits per heavy atom. The topological polar surface area (TPSA) is 35.2 Å². The molecule has 0 aromatic carbocycles.